The van der Waals surface area contributed by atoms with Crippen LogP contribution in [0.15, 0.2) is 48.5 Å². The third kappa shape index (κ3) is 4.51. The van der Waals surface area contributed by atoms with Gasteiger partial charge >= 0.3 is 7.12 Å². The molecule has 0 bridgehead atoms. The maximum atomic E-state index is 9.13. The van der Waals surface area contributed by atoms with Gasteiger partial charge in [0.1, 0.15) is 12.4 Å². The van der Waals surface area contributed by atoms with Gasteiger partial charge in [-0.3, -0.25) is 0 Å². The zero-order chi connectivity index (χ0) is 15.2. The predicted octanol–water partition coefficient (Wildman–Crippen LogP) is 1.19. The van der Waals surface area contributed by atoms with Crippen LogP contribution in [0.25, 0.3) is 0 Å². The van der Waals surface area contributed by atoms with Gasteiger partial charge < -0.3 is 19.7 Å². The van der Waals surface area contributed by atoms with Crippen LogP contribution >= 0.6 is 0 Å². The van der Waals surface area contributed by atoms with E-state index in [1.807, 2.05) is 13.1 Å². The van der Waals surface area contributed by atoms with Crippen LogP contribution in [0.1, 0.15) is 5.56 Å². The molecule has 4 nitrogen and oxygen atoms in total. The highest BCUT2D eigenvalue weighted by atomic mass is 16.5. The molecule has 0 heterocycles. The first-order chi connectivity index (χ1) is 10.1. The standard InChI is InChI=1S/C16H20BNO3/c1-13-5-3-7-15(11-13)18(2)9-10-21-16-8-4-6-14(12-16)17(19)20/h3-8,11-12,19-20H,9-10H2,1-2H3. The molecule has 2 rings (SSSR count). The molecule has 110 valence electrons. The lowest BCUT2D eigenvalue weighted by Crippen LogP contribution is -2.29. The summed E-state index contributed by atoms with van der Waals surface area (Å²) in [6.07, 6.45) is 0. The van der Waals surface area contributed by atoms with Gasteiger partial charge in [0.2, 0.25) is 0 Å². The molecule has 0 aromatic heterocycles. The summed E-state index contributed by atoms with van der Waals surface area (Å²) in [6.45, 7) is 3.34. The van der Waals surface area contributed by atoms with Crippen LogP contribution in [0.3, 0.4) is 0 Å². The van der Waals surface area contributed by atoms with Crippen molar-refractivity contribution < 1.29 is 14.8 Å². The summed E-state index contributed by atoms with van der Waals surface area (Å²) < 4.78 is 5.66. The minimum atomic E-state index is -1.47. The van der Waals surface area contributed by atoms with Gasteiger partial charge in [0.05, 0.1) is 6.54 Å². The SMILES string of the molecule is Cc1cccc(N(C)CCOc2cccc(B(O)O)c2)c1. The maximum absolute atomic E-state index is 9.13. The quantitative estimate of drug-likeness (QED) is 0.783. The monoisotopic (exact) mass is 285 g/mol. The van der Waals surface area contributed by atoms with E-state index in [1.165, 1.54) is 5.56 Å². The lowest BCUT2D eigenvalue weighted by molar-refractivity contribution is 0.326. The number of rotatable bonds is 6. The number of likely N-dealkylation sites (N-methyl/N-ethyl adjacent to an activating group) is 1. The Labute approximate surface area is 125 Å². The normalized spacial score (nSPS) is 10.3. The third-order valence-electron chi connectivity index (χ3n) is 3.29. The van der Waals surface area contributed by atoms with E-state index in [-0.39, 0.29) is 0 Å². The molecule has 2 aromatic carbocycles. The highest BCUT2D eigenvalue weighted by molar-refractivity contribution is 6.58. The molecule has 5 heteroatoms. The Morgan fingerprint density at radius 2 is 1.86 bits per heavy atom. The van der Waals surface area contributed by atoms with Crippen molar-refractivity contribution in [3.05, 3.63) is 54.1 Å². The first kappa shape index (κ1) is 15.4. The molecule has 0 atom stereocenters. The number of benzene rings is 2. The summed E-state index contributed by atoms with van der Waals surface area (Å²) >= 11 is 0. The third-order valence-corrected chi connectivity index (χ3v) is 3.29. The average molecular weight is 285 g/mol. The van der Waals surface area contributed by atoms with E-state index in [2.05, 4.69) is 30.0 Å². The van der Waals surface area contributed by atoms with Crippen LogP contribution < -0.4 is 15.1 Å². The molecule has 0 amide bonds. The van der Waals surface area contributed by atoms with E-state index in [4.69, 9.17) is 14.8 Å². The van der Waals surface area contributed by atoms with Crippen LogP contribution in [-0.2, 0) is 0 Å². The second-order valence-corrected chi connectivity index (χ2v) is 5.06. The molecule has 2 N–H and O–H groups in total. The molecule has 2 aromatic rings. The number of anilines is 1. The Balaban J connectivity index is 1.88. The summed E-state index contributed by atoms with van der Waals surface area (Å²) in [5.74, 6) is 0.637. The van der Waals surface area contributed by atoms with Crippen molar-refractivity contribution >= 4 is 18.3 Å². The van der Waals surface area contributed by atoms with E-state index in [9.17, 15) is 0 Å². The van der Waals surface area contributed by atoms with Crippen molar-refractivity contribution in [3.63, 3.8) is 0 Å². The number of aryl methyl sites for hydroxylation is 1. The van der Waals surface area contributed by atoms with E-state index in [0.717, 1.165) is 12.2 Å². The molecule has 0 spiro atoms. The molecule has 0 aliphatic carbocycles. The Morgan fingerprint density at radius 1 is 1.10 bits per heavy atom. The molecule has 0 saturated heterocycles. The Bertz CT molecular complexity index is 589. The number of ether oxygens (including phenoxy) is 1. The summed E-state index contributed by atoms with van der Waals surface area (Å²) in [6, 6.07) is 15.1. The Morgan fingerprint density at radius 3 is 2.57 bits per heavy atom. The first-order valence-electron chi connectivity index (χ1n) is 6.93. The summed E-state index contributed by atoms with van der Waals surface area (Å²) in [4.78, 5) is 2.12. The molecule has 21 heavy (non-hydrogen) atoms. The number of hydrogen-bond acceptors (Lipinski definition) is 4. The van der Waals surface area contributed by atoms with Gasteiger partial charge in [-0.15, -0.1) is 0 Å². The van der Waals surface area contributed by atoms with Crippen molar-refractivity contribution in [2.75, 3.05) is 25.1 Å². The van der Waals surface area contributed by atoms with Gasteiger partial charge in [0, 0.05) is 12.7 Å². The van der Waals surface area contributed by atoms with Gasteiger partial charge in [-0.05, 0) is 42.2 Å². The first-order valence-corrected chi connectivity index (χ1v) is 6.93. The second kappa shape index (κ2) is 7.15. The maximum Gasteiger partial charge on any atom is 0.488 e. The van der Waals surface area contributed by atoms with Crippen LogP contribution in [0.2, 0.25) is 0 Å². The molecular formula is C16H20BNO3. The van der Waals surface area contributed by atoms with Crippen LogP contribution in [0, 0.1) is 6.92 Å². The lowest BCUT2D eigenvalue weighted by atomic mass is 9.80. The van der Waals surface area contributed by atoms with Gasteiger partial charge in [-0.1, -0.05) is 24.3 Å². The molecule has 0 fully saturated rings. The smallest absolute Gasteiger partial charge is 0.488 e. The Kier molecular flexibility index (Phi) is 5.25. The summed E-state index contributed by atoms with van der Waals surface area (Å²) in [5.41, 5.74) is 2.81. The number of hydrogen-bond donors (Lipinski definition) is 2. The highest BCUT2D eigenvalue weighted by Gasteiger charge is 2.11. The summed E-state index contributed by atoms with van der Waals surface area (Å²) in [7, 11) is 0.551. The van der Waals surface area contributed by atoms with Gasteiger partial charge in [-0.2, -0.15) is 0 Å². The van der Waals surface area contributed by atoms with Crippen molar-refractivity contribution in [2.45, 2.75) is 6.92 Å². The fraction of sp³-hybridized carbons (Fsp3) is 0.250. The van der Waals surface area contributed by atoms with Gasteiger partial charge in [0.25, 0.3) is 0 Å². The van der Waals surface area contributed by atoms with Crippen molar-refractivity contribution in [1.82, 2.24) is 0 Å². The summed E-state index contributed by atoms with van der Waals surface area (Å²) in [5, 5.41) is 18.3. The largest absolute Gasteiger partial charge is 0.492 e. The molecule has 0 aliphatic rings. The molecule has 0 radical (unpaired) electrons. The van der Waals surface area contributed by atoms with Crippen molar-refractivity contribution in [2.24, 2.45) is 0 Å². The predicted molar refractivity (Wildman–Crippen MR) is 86.2 cm³/mol. The zero-order valence-electron chi connectivity index (χ0n) is 12.4. The van der Waals surface area contributed by atoms with E-state index in [0.29, 0.717) is 17.8 Å². The average Bonchev–Trinajstić information content (AvgIpc) is 2.47. The fourth-order valence-electron chi connectivity index (χ4n) is 2.06. The molecule has 0 unspecified atom stereocenters. The molecule has 0 saturated carbocycles. The topological polar surface area (TPSA) is 52.9 Å². The fourth-order valence-corrected chi connectivity index (χ4v) is 2.06. The second-order valence-electron chi connectivity index (χ2n) is 5.06. The van der Waals surface area contributed by atoms with Crippen LogP contribution in [0.5, 0.6) is 5.75 Å². The molecule has 0 aliphatic heterocycles. The zero-order valence-corrected chi connectivity index (χ0v) is 12.4. The van der Waals surface area contributed by atoms with Crippen molar-refractivity contribution in [3.8, 4) is 5.75 Å². The highest BCUT2D eigenvalue weighted by Crippen LogP contribution is 2.14. The van der Waals surface area contributed by atoms with Crippen LogP contribution in [0.4, 0.5) is 5.69 Å². The van der Waals surface area contributed by atoms with Gasteiger partial charge in [-0.25, -0.2) is 0 Å². The van der Waals surface area contributed by atoms with E-state index >= 15 is 0 Å². The van der Waals surface area contributed by atoms with Crippen molar-refractivity contribution in [1.29, 1.82) is 0 Å². The van der Waals surface area contributed by atoms with Crippen LogP contribution in [-0.4, -0.2) is 37.4 Å². The van der Waals surface area contributed by atoms with Gasteiger partial charge in [0.15, 0.2) is 0 Å². The molecular weight excluding hydrogens is 265 g/mol. The Hall–Kier alpha value is -1.98. The lowest BCUT2D eigenvalue weighted by Gasteiger charge is -2.20. The number of nitrogens with zero attached hydrogens (tertiary/aromatic N) is 1. The minimum Gasteiger partial charge on any atom is -0.492 e. The van der Waals surface area contributed by atoms with E-state index < -0.39 is 7.12 Å². The minimum absolute atomic E-state index is 0.430. The van der Waals surface area contributed by atoms with E-state index in [1.54, 1.807) is 24.3 Å².